The van der Waals surface area contributed by atoms with Crippen molar-refractivity contribution >= 4 is 6.09 Å². The highest BCUT2D eigenvalue weighted by Gasteiger charge is 2.24. The highest BCUT2D eigenvalue weighted by molar-refractivity contribution is 5.70. The van der Waals surface area contributed by atoms with Crippen molar-refractivity contribution in [3.05, 3.63) is 24.4 Å². The molecule has 0 N–H and O–H groups in total. The van der Waals surface area contributed by atoms with Gasteiger partial charge in [-0.2, -0.15) is 0 Å². The normalized spacial score (nSPS) is 20.3. The zero-order chi connectivity index (χ0) is 10.6. The van der Waals surface area contributed by atoms with E-state index in [9.17, 15) is 4.79 Å². The topological polar surface area (TPSA) is 29.5 Å². The number of nitrogens with zero attached hydrogens (tertiary/aromatic N) is 1. The maximum absolute atomic E-state index is 11.5. The van der Waals surface area contributed by atoms with Crippen LogP contribution < -0.4 is 0 Å². The van der Waals surface area contributed by atoms with Gasteiger partial charge in [-0.15, -0.1) is 0 Å². The third-order valence-electron chi connectivity index (χ3n) is 2.15. The molecule has 0 saturated carbocycles. The highest BCUT2D eigenvalue weighted by Crippen LogP contribution is 2.17. The van der Waals surface area contributed by atoms with Gasteiger partial charge in [0.2, 0.25) is 0 Å². The van der Waals surface area contributed by atoms with Gasteiger partial charge in [0.05, 0.1) is 12.6 Å². The van der Waals surface area contributed by atoms with E-state index in [0.717, 1.165) is 0 Å². The van der Waals surface area contributed by atoms with Gasteiger partial charge in [-0.1, -0.05) is 26.0 Å². The van der Waals surface area contributed by atoms with Crippen LogP contribution in [0.25, 0.3) is 0 Å². The number of hydrogen-bond donors (Lipinski definition) is 0. The van der Waals surface area contributed by atoms with E-state index >= 15 is 0 Å². The van der Waals surface area contributed by atoms with Crippen molar-refractivity contribution in [2.75, 3.05) is 6.61 Å². The molecule has 0 aromatic carbocycles. The van der Waals surface area contributed by atoms with Gasteiger partial charge in [-0.3, -0.25) is 4.90 Å². The molecule has 1 unspecified atom stereocenters. The minimum Gasteiger partial charge on any atom is -0.449 e. The molecule has 1 heterocycles. The maximum atomic E-state index is 11.5. The van der Waals surface area contributed by atoms with E-state index in [1.165, 1.54) is 0 Å². The van der Waals surface area contributed by atoms with Gasteiger partial charge >= 0.3 is 6.09 Å². The first-order valence-electron chi connectivity index (χ1n) is 4.97. The van der Waals surface area contributed by atoms with E-state index in [4.69, 9.17) is 4.74 Å². The van der Waals surface area contributed by atoms with E-state index in [1.54, 1.807) is 11.1 Å². The molecule has 0 bridgehead atoms. The van der Waals surface area contributed by atoms with Crippen LogP contribution in [0.2, 0.25) is 0 Å². The Morgan fingerprint density at radius 1 is 1.50 bits per heavy atom. The fourth-order valence-corrected chi connectivity index (χ4v) is 1.44. The molecule has 3 heteroatoms. The smallest absolute Gasteiger partial charge is 0.414 e. The Bertz CT molecular complexity index is 256. The summed E-state index contributed by atoms with van der Waals surface area (Å²) in [6.07, 6.45) is 7.31. The van der Waals surface area contributed by atoms with Gasteiger partial charge in [-0.05, 0) is 18.9 Å². The van der Waals surface area contributed by atoms with Gasteiger partial charge < -0.3 is 4.74 Å². The van der Waals surface area contributed by atoms with Crippen LogP contribution in [-0.2, 0) is 4.74 Å². The minimum atomic E-state index is -0.271. The molecular formula is C11H17NO2. The molecule has 14 heavy (non-hydrogen) atoms. The molecule has 0 aliphatic carbocycles. The summed E-state index contributed by atoms with van der Waals surface area (Å²) in [5.74, 6) is 0.389. The van der Waals surface area contributed by atoms with E-state index in [2.05, 4.69) is 13.8 Å². The molecule has 0 aromatic rings. The van der Waals surface area contributed by atoms with Crippen molar-refractivity contribution in [1.29, 1.82) is 0 Å². The summed E-state index contributed by atoms with van der Waals surface area (Å²) >= 11 is 0. The molecule has 1 amide bonds. The second-order valence-electron chi connectivity index (χ2n) is 3.57. The number of amides is 1. The van der Waals surface area contributed by atoms with Gasteiger partial charge in [0, 0.05) is 6.20 Å². The lowest BCUT2D eigenvalue weighted by Gasteiger charge is -2.30. The third-order valence-corrected chi connectivity index (χ3v) is 2.15. The fourth-order valence-electron chi connectivity index (χ4n) is 1.44. The van der Waals surface area contributed by atoms with E-state index in [1.807, 2.05) is 25.2 Å². The zero-order valence-corrected chi connectivity index (χ0v) is 8.93. The van der Waals surface area contributed by atoms with Crippen LogP contribution in [0.15, 0.2) is 24.4 Å². The SMILES string of the molecule is CCOC(=O)N1C=CC=CC1C(C)C. The van der Waals surface area contributed by atoms with Crippen LogP contribution in [0.1, 0.15) is 20.8 Å². The van der Waals surface area contributed by atoms with Crippen LogP contribution in [-0.4, -0.2) is 23.6 Å². The lowest BCUT2D eigenvalue weighted by atomic mass is 10.0. The molecule has 3 nitrogen and oxygen atoms in total. The summed E-state index contributed by atoms with van der Waals surface area (Å²) in [6, 6.07) is 0.110. The predicted molar refractivity (Wildman–Crippen MR) is 55.8 cm³/mol. The van der Waals surface area contributed by atoms with Crippen molar-refractivity contribution in [3.8, 4) is 0 Å². The third kappa shape index (κ3) is 2.37. The molecule has 1 aliphatic heterocycles. The molecule has 78 valence electrons. The molecule has 1 aliphatic rings. The number of allylic oxidation sites excluding steroid dienone is 2. The van der Waals surface area contributed by atoms with Gasteiger partial charge in [0.15, 0.2) is 0 Å². The Kier molecular flexibility index (Phi) is 3.74. The van der Waals surface area contributed by atoms with Crippen LogP contribution in [0.5, 0.6) is 0 Å². The Morgan fingerprint density at radius 2 is 2.21 bits per heavy atom. The second-order valence-corrected chi connectivity index (χ2v) is 3.57. The Balaban J connectivity index is 2.70. The van der Waals surface area contributed by atoms with Gasteiger partial charge in [0.1, 0.15) is 0 Å². The van der Waals surface area contributed by atoms with Crippen molar-refractivity contribution in [2.45, 2.75) is 26.8 Å². The summed E-state index contributed by atoms with van der Waals surface area (Å²) in [4.78, 5) is 13.2. The first kappa shape index (κ1) is 10.8. The Hall–Kier alpha value is -1.25. The largest absolute Gasteiger partial charge is 0.449 e. The Labute approximate surface area is 85.0 Å². The lowest BCUT2D eigenvalue weighted by molar-refractivity contribution is 0.108. The van der Waals surface area contributed by atoms with Crippen LogP contribution in [0, 0.1) is 5.92 Å². The highest BCUT2D eigenvalue weighted by atomic mass is 16.6. The fraction of sp³-hybridized carbons (Fsp3) is 0.545. The van der Waals surface area contributed by atoms with Crippen molar-refractivity contribution in [2.24, 2.45) is 5.92 Å². The molecular weight excluding hydrogens is 178 g/mol. The lowest BCUT2D eigenvalue weighted by Crippen LogP contribution is -2.39. The van der Waals surface area contributed by atoms with Gasteiger partial charge in [0.25, 0.3) is 0 Å². The minimum absolute atomic E-state index is 0.110. The predicted octanol–water partition coefficient (Wildman–Crippen LogP) is 2.55. The van der Waals surface area contributed by atoms with E-state index < -0.39 is 0 Å². The van der Waals surface area contributed by atoms with Crippen LogP contribution >= 0.6 is 0 Å². The molecule has 0 fully saturated rings. The van der Waals surface area contributed by atoms with Crippen LogP contribution in [0.4, 0.5) is 4.79 Å². The van der Waals surface area contributed by atoms with E-state index in [0.29, 0.717) is 12.5 Å². The average Bonchev–Trinajstić information content (AvgIpc) is 2.18. The summed E-state index contributed by atoms with van der Waals surface area (Å²) in [5.41, 5.74) is 0. The number of ether oxygens (including phenoxy) is 1. The number of hydrogen-bond acceptors (Lipinski definition) is 2. The molecule has 1 atom stereocenters. The summed E-state index contributed by atoms with van der Waals surface area (Å²) < 4.78 is 4.96. The summed E-state index contributed by atoms with van der Waals surface area (Å²) in [5, 5.41) is 0. The van der Waals surface area contributed by atoms with Crippen molar-refractivity contribution in [3.63, 3.8) is 0 Å². The maximum Gasteiger partial charge on any atom is 0.414 e. The quantitative estimate of drug-likeness (QED) is 0.677. The summed E-state index contributed by atoms with van der Waals surface area (Å²) in [7, 11) is 0. The first-order chi connectivity index (χ1) is 6.66. The Morgan fingerprint density at radius 3 is 2.79 bits per heavy atom. The molecule has 0 saturated heterocycles. The number of rotatable bonds is 2. The number of carbonyl (C=O) groups is 1. The average molecular weight is 195 g/mol. The molecule has 0 spiro atoms. The van der Waals surface area contributed by atoms with Gasteiger partial charge in [-0.25, -0.2) is 4.79 Å². The van der Waals surface area contributed by atoms with Crippen molar-refractivity contribution in [1.82, 2.24) is 4.90 Å². The van der Waals surface area contributed by atoms with Crippen LogP contribution in [0.3, 0.4) is 0 Å². The molecule has 0 radical (unpaired) electrons. The number of carbonyl (C=O) groups excluding carboxylic acids is 1. The zero-order valence-electron chi connectivity index (χ0n) is 8.93. The van der Waals surface area contributed by atoms with Crippen molar-refractivity contribution < 1.29 is 9.53 Å². The molecule has 1 rings (SSSR count). The monoisotopic (exact) mass is 195 g/mol. The molecule has 0 aromatic heterocycles. The second kappa shape index (κ2) is 4.84. The summed E-state index contributed by atoms with van der Waals surface area (Å²) in [6.45, 7) is 6.39. The van der Waals surface area contributed by atoms with E-state index in [-0.39, 0.29) is 12.1 Å². The standard InChI is InChI=1S/C11H17NO2/c1-4-14-11(13)12-8-6-5-7-10(12)9(2)3/h5-10H,4H2,1-3H3. The first-order valence-corrected chi connectivity index (χ1v) is 4.97.